The summed E-state index contributed by atoms with van der Waals surface area (Å²) in [7, 11) is 0. The summed E-state index contributed by atoms with van der Waals surface area (Å²) in [6, 6.07) is 7.43. The van der Waals surface area contributed by atoms with Gasteiger partial charge in [0.15, 0.2) is 11.7 Å². The molecule has 0 radical (unpaired) electrons. The molecule has 174 valence electrons. The summed E-state index contributed by atoms with van der Waals surface area (Å²) >= 11 is 12.1. The van der Waals surface area contributed by atoms with Gasteiger partial charge in [0.1, 0.15) is 5.82 Å². The summed E-state index contributed by atoms with van der Waals surface area (Å²) < 4.78 is 43.8. The minimum absolute atomic E-state index is 0.0423. The van der Waals surface area contributed by atoms with Crippen LogP contribution in [0.2, 0.25) is 10.0 Å². The van der Waals surface area contributed by atoms with Crippen molar-refractivity contribution in [3.05, 3.63) is 64.2 Å². The summed E-state index contributed by atoms with van der Waals surface area (Å²) in [6.07, 6.45) is -1.46. The van der Waals surface area contributed by atoms with Crippen LogP contribution in [0.4, 0.5) is 19.0 Å². The van der Waals surface area contributed by atoms with Gasteiger partial charge >= 0.3 is 6.18 Å². The SMILES string of the molecule is O=C(CCc1ncc(-c2ccc(Cl)cc2Cl)o1)N1CCN(c2ccc(C(F)(F)F)cn2)CC1. The minimum atomic E-state index is -4.42. The molecule has 0 bridgehead atoms. The van der Waals surface area contributed by atoms with Crippen LogP contribution >= 0.6 is 23.2 Å². The quantitative estimate of drug-likeness (QED) is 0.474. The van der Waals surface area contributed by atoms with E-state index >= 15 is 0 Å². The number of piperazine rings is 1. The van der Waals surface area contributed by atoms with E-state index in [4.69, 9.17) is 27.6 Å². The number of carbonyl (C=O) groups excluding carboxylic acids is 1. The van der Waals surface area contributed by atoms with Crippen LogP contribution in [-0.2, 0) is 17.4 Å². The second-order valence-corrected chi connectivity index (χ2v) is 8.36. The first-order chi connectivity index (χ1) is 15.7. The number of amides is 1. The van der Waals surface area contributed by atoms with E-state index in [2.05, 4.69) is 9.97 Å². The van der Waals surface area contributed by atoms with Gasteiger partial charge in [-0.15, -0.1) is 0 Å². The molecule has 1 aromatic carbocycles. The number of carbonyl (C=O) groups is 1. The van der Waals surface area contributed by atoms with Crippen LogP contribution in [0.25, 0.3) is 11.3 Å². The molecule has 1 saturated heterocycles. The lowest BCUT2D eigenvalue weighted by molar-refractivity contribution is -0.137. The van der Waals surface area contributed by atoms with Crippen LogP contribution in [0, 0.1) is 0 Å². The van der Waals surface area contributed by atoms with Gasteiger partial charge in [0.25, 0.3) is 0 Å². The maximum Gasteiger partial charge on any atom is 0.417 e. The highest BCUT2D eigenvalue weighted by Gasteiger charge is 2.31. The molecule has 2 aromatic heterocycles. The smallest absolute Gasteiger partial charge is 0.417 e. The Balaban J connectivity index is 1.28. The van der Waals surface area contributed by atoms with Crippen molar-refractivity contribution in [2.24, 2.45) is 0 Å². The molecule has 0 atom stereocenters. The number of halogens is 5. The Hall–Kier alpha value is -2.78. The topological polar surface area (TPSA) is 62.5 Å². The minimum Gasteiger partial charge on any atom is -0.441 e. The highest BCUT2D eigenvalue weighted by atomic mass is 35.5. The van der Waals surface area contributed by atoms with Gasteiger partial charge in [-0.25, -0.2) is 9.97 Å². The summed E-state index contributed by atoms with van der Waals surface area (Å²) in [6.45, 7) is 1.89. The lowest BCUT2D eigenvalue weighted by Crippen LogP contribution is -2.49. The van der Waals surface area contributed by atoms with E-state index in [0.29, 0.717) is 65.7 Å². The lowest BCUT2D eigenvalue weighted by atomic mass is 10.2. The first kappa shape index (κ1) is 23.4. The van der Waals surface area contributed by atoms with Crippen molar-refractivity contribution >= 4 is 34.9 Å². The highest BCUT2D eigenvalue weighted by molar-refractivity contribution is 6.36. The van der Waals surface area contributed by atoms with Crippen LogP contribution in [0.5, 0.6) is 0 Å². The van der Waals surface area contributed by atoms with Gasteiger partial charge in [-0.2, -0.15) is 13.2 Å². The summed E-state index contributed by atoms with van der Waals surface area (Å²) in [5, 5.41) is 0.963. The Labute approximate surface area is 197 Å². The number of nitrogens with zero attached hydrogens (tertiary/aromatic N) is 4. The maximum atomic E-state index is 12.7. The van der Waals surface area contributed by atoms with Gasteiger partial charge in [-0.3, -0.25) is 4.79 Å². The van der Waals surface area contributed by atoms with Crippen LogP contribution in [-0.4, -0.2) is 47.0 Å². The average molecular weight is 499 g/mol. The number of rotatable bonds is 5. The Morgan fingerprint density at radius 1 is 1.03 bits per heavy atom. The van der Waals surface area contributed by atoms with E-state index in [0.717, 1.165) is 12.3 Å². The van der Waals surface area contributed by atoms with E-state index in [1.165, 1.54) is 6.07 Å². The zero-order valence-corrected chi connectivity index (χ0v) is 18.8. The van der Waals surface area contributed by atoms with E-state index in [9.17, 15) is 18.0 Å². The molecule has 0 unspecified atom stereocenters. The third-order valence-electron chi connectivity index (χ3n) is 5.33. The first-order valence-corrected chi connectivity index (χ1v) is 10.9. The Bertz CT molecular complexity index is 1130. The lowest BCUT2D eigenvalue weighted by Gasteiger charge is -2.35. The Morgan fingerprint density at radius 2 is 1.79 bits per heavy atom. The number of benzene rings is 1. The number of hydrogen-bond acceptors (Lipinski definition) is 5. The van der Waals surface area contributed by atoms with Crippen LogP contribution in [0.1, 0.15) is 17.9 Å². The number of aromatic nitrogens is 2. The molecular formula is C22H19Cl2F3N4O2. The van der Waals surface area contributed by atoms with Crippen molar-refractivity contribution in [1.29, 1.82) is 0 Å². The number of anilines is 1. The number of pyridine rings is 1. The van der Waals surface area contributed by atoms with Gasteiger partial charge < -0.3 is 14.2 Å². The number of alkyl halides is 3. The van der Waals surface area contributed by atoms with Crippen LogP contribution in [0.3, 0.4) is 0 Å². The predicted molar refractivity (Wildman–Crippen MR) is 118 cm³/mol. The standard InChI is InChI=1S/C22H19Cl2F3N4O2/c23-15-2-3-16(17(24)11-15)18-13-29-20(33-18)5-6-21(32)31-9-7-30(8-10-31)19-4-1-14(12-28-19)22(25,26)27/h1-4,11-13H,5-10H2. The molecule has 3 heterocycles. The fraction of sp³-hybridized carbons (Fsp3) is 0.318. The molecule has 6 nitrogen and oxygen atoms in total. The molecule has 11 heteroatoms. The largest absolute Gasteiger partial charge is 0.441 e. The molecule has 1 amide bonds. The highest BCUT2D eigenvalue weighted by Crippen LogP contribution is 2.31. The molecule has 4 rings (SSSR count). The number of aryl methyl sites for hydroxylation is 1. The molecule has 0 saturated carbocycles. The van der Waals surface area contributed by atoms with Crippen LogP contribution < -0.4 is 4.90 Å². The fourth-order valence-electron chi connectivity index (χ4n) is 3.54. The van der Waals surface area contributed by atoms with Gasteiger partial charge in [0, 0.05) is 55.8 Å². The van der Waals surface area contributed by atoms with Gasteiger partial charge in [0.2, 0.25) is 5.91 Å². The van der Waals surface area contributed by atoms with Crippen molar-refractivity contribution < 1.29 is 22.4 Å². The van der Waals surface area contributed by atoms with E-state index in [1.807, 2.05) is 4.90 Å². The maximum absolute atomic E-state index is 12.7. The average Bonchev–Trinajstić information content (AvgIpc) is 3.26. The molecule has 0 N–H and O–H groups in total. The van der Waals surface area contributed by atoms with Crippen molar-refractivity contribution in [1.82, 2.24) is 14.9 Å². The molecule has 3 aromatic rings. The fourth-order valence-corrected chi connectivity index (χ4v) is 4.04. The van der Waals surface area contributed by atoms with Crippen molar-refractivity contribution in [2.45, 2.75) is 19.0 Å². The summed E-state index contributed by atoms with van der Waals surface area (Å²) in [5.74, 6) is 1.34. The molecule has 33 heavy (non-hydrogen) atoms. The summed E-state index contributed by atoms with van der Waals surface area (Å²) in [5.41, 5.74) is -0.118. The van der Waals surface area contributed by atoms with Gasteiger partial charge in [0.05, 0.1) is 16.8 Å². The molecule has 1 aliphatic heterocycles. The molecule has 1 aliphatic rings. The van der Waals surface area contributed by atoms with Crippen molar-refractivity contribution in [3.8, 4) is 11.3 Å². The molecule has 1 fully saturated rings. The third-order valence-corrected chi connectivity index (χ3v) is 5.88. The molecular weight excluding hydrogens is 480 g/mol. The van der Waals surface area contributed by atoms with Gasteiger partial charge in [-0.05, 0) is 30.3 Å². The second kappa shape index (κ2) is 9.61. The van der Waals surface area contributed by atoms with Gasteiger partial charge in [-0.1, -0.05) is 23.2 Å². The zero-order valence-electron chi connectivity index (χ0n) is 17.3. The number of hydrogen-bond donors (Lipinski definition) is 0. The monoisotopic (exact) mass is 498 g/mol. The summed E-state index contributed by atoms with van der Waals surface area (Å²) in [4.78, 5) is 24.3. The second-order valence-electron chi connectivity index (χ2n) is 7.51. The zero-order chi connectivity index (χ0) is 23.6. The Kier molecular flexibility index (Phi) is 6.81. The van der Waals surface area contributed by atoms with Crippen LogP contribution in [0.15, 0.2) is 47.1 Å². The van der Waals surface area contributed by atoms with E-state index < -0.39 is 11.7 Å². The third kappa shape index (κ3) is 5.59. The predicted octanol–water partition coefficient (Wildman–Crippen LogP) is 5.34. The number of oxazole rings is 1. The Morgan fingerprint density at radius 3 is 2.42 bits per heavy atom. The van der Waals surface area contributed by atoms with E-state index in [1.54, 1.807) is 29.3 Å². The normalized spacial score (nSPS) is 14.6. The molecule has 0 spiro atoms. The van der Waals surface area contributed by atoms with Crippen molar-refractivity contribution in [2.75, 3.05) is 31.1 Å². The van der Waals surface area contributed by atoms with E-state index in [-0.39, 0.29) is 12.3 Å². The van der Waals surface area contributed by atoms with Crippen molar-refractivity contribution in [3.63, 3.8) is 0 Å². The first-order valence-electron chi connectivity index (χ1n) is 10.2. The molecule has 0 aliphatic carbocycles.